The van der Waals surface area contributed by atoms with Crippen molar-refractivity contribution in [1.82, 2.24) is 24.8 Å². The van der Waals surface area contributed by atoms with Crippen LogP contribution < -0.4 is 5.32 Å². The molecule has 3 aromatic rings. The molecule has 8 heteroatoms. The Labute approximate surface area is 162 Å². The number of anilines is 1. The van der Waals surface area contributed by atoms with Gasteiger partial charge in [-0.3, -0.25) is 4.68 Å². The van der Waals surface area contributed by atoms with Crippen LogP contribution in [0.4, 0.5) is 10.5 Å². The summed E-state index contributed by atoms with van der Waals surface area (Å²) in [4.78, 5) is 19.1. The Balaban J connectivity index is 1.38. The standard InChI is InChI=1S/C20H22N6O2/c1-12-3-7-14(8-4-12)21-20(27)26-10-9-16-15(11-26)17(23-25(16)2)19-22-18(24-28-19)13-5-6-13/h3-4,7-8,13H,5-6,9-11H2,1-2H3,(H,21,27). The number of amides is 2. The van der Waals surface area contributed by atoms with E-state index in [1.54, 1.807) is 4.90 Å². The summed E-state index contributed by atoms with van der Waals surface area (Å²) in [5.41, 5.74) is 4.73. The Morgan fingerprint density at radius 1 is 1.25 bits per heavy atom. The molecule has 0 unspecified atom stereocenters. The van der Waals surface area contributed by atoms with Gasteiger partial charge in [0.15, 0.2) is 11.5 Å². The summed E-state index contributed by atoms with van der Waals surface area (Å²) in [6, 6.07) is 7.67. The van der Waals surface area contributed by atoms with Crippen LogP contribution in [0.1, 0.15) is 41.4 Å². The van der Waals surface area contributed by atoms with E-state index in [1.807, 2.05) is 42.9 Å². The van der Waals surface area contributed by atoms with Gasteiger partial charge in [0, 0.05) is 42.9 Å². The average molecular weight is 378 g/mol. The summed E-state index contributed by atoms with van der Waals surface area (Å²) in [6.07, 6.45) is 2.97. The first-order valence-corrected chi connectivity index (χ1v) is 9.60. The van der Waals surface area contributed by atoms with Crippen molar-refractivity contribution in [2.45, 2.75) is 38.6 Å². The van der Waals surface area contributed by atoms with E-state index in [9.17, 15) is 4.79 Å². The van der Waals surface area contributed by atoms with Gasteiger partial charge in [-0.2, -0.15) is 10.1 Å². The van der Waals surface area contributed by atoms with E-state index in [1.165, 1.54) is 0 Å². The molecular formula is C20H22N6O2. The highest BCUT2D eigenvalue weighted by molar-refractivity contribution is 5.89. The van der Waals surface area contributed by atoms with Crippen molar-refractivity contribution < 1.29 is 9.32 Å². The molecule has 5 rings (SSSR count). The van der Waals surface area contributed by atoms with Gasteiger partial charge in [0.1, 0.15) is 0 Å². The van der Waals surface area contributed by atoms with Crippen molar-refractivity contribution in [2.24, 2.45) is 7.05 Å². The maximum atomic E-state index is 12.8. The zero-order valence-corrected chi connectivity index (χ0v) is 16.0. The lowest BCUT2D eigenvalue weighted by Crippen LogP contribution is -2.39. The number of carbonyl (C=O) groups is 1. The molecule has 1 aromatic carbocycles. The van der Waals surface area contributed by atoms with Crippen LogP contribution in [-0.4, -0.2) is 37.4 Å². The fourth-order valence-corrected chi connectivity index (χ4v) is 3.62. The zero-order valence-electron chi connectivity index (χ0n) is 16.0. The molecule has 0 saturated heterocycles. The number of urea groups is 1. The number of nitrogens with zero attached hydrogens (tertiary/aromatic N) is 5. The highest BCUT2D eigenvalue weighted by Crippen LogP contribution is 2.39. The highest BCUT2D eigenvalue weighted by Gasteiger charge is 2.32. The molecule has 1 N–H and O–H groups in total. The molecule has 0 radical (unpaired) electrons. The minimum atomic E-state index is -0.117. The molecular weight excluding hydrogens is 356 g/mol. The van der Waals surface area contributed by atoms with Crippen molar-refractivity contribution in [3.8, 4) is 11.6 Å². The van der Waals surface area contributed by atoms with E-state index >= 15 is 0 Å². The second-order valence-electron chi connectivity index (χ2n) is 7.60. The van der Waals surface area contributed by atoms with Crippen LogP contribution in [0.2, 0.25) is 0 Å². The maximum absolute atomic E-state index is 12.8. The van der Waals surface area contributed by atoms with E-state index in [4.69, 9.17) is 4.52 Å². The van der Waals surface area contributed by atoms with Crippen molar-refractivity contribution in [3.63, 3.8) is 0 Å². The third-order valence-electron chi connectivity index (χ3n) is 5.42. The van der Waals surface area contributed by atoms with Crippen LogP contribution in [0.5, 0.6) is 0 Å². The van der Waals surface area contributed by atoms with Crippen molar-refractivity contribution in [3.05, 3.63) is 46.9 Å². The number of rotatable bonds is 3. The third-order valence-corrected chi connectivity index (χ3v) is 5.42. The SMILES string of the molecule is Cc1ccc(NC(=O)N2CCc3c(c(-c4nc(C5CC5)no4)nn3C)C2)cc1. The molecule has 144 valence electrons. The largest absolute Gasteiger partial charge is 0.332 e. The number of fused-ring (bicyclic) bond motifs is 1. The molecule has 0 spiro atoms. The molecule has 0 atom stereocenters. The molecule has 1 aliphatic heterocycles. The number of hydrogen-bond acceptors (Lipinski definition) is 5. The zero-order chi connectivity index (χ0) is 19.3. The Morgan fingerprint density at radius 2 is 2.04 bits per heavy atom. The molecule has 8 nitrogen and oxygen atoms in total. The van der Waals surface area contributed by atoms with E-state index in [0.717, 1.165) is 47.6 Å². The van der Waals surface area contributed by atoms with Gasteiger partial charge in [-0.25, -0.2) is 4.79 Å². The van der Waals surface area contributed by atoms with E-state index in [0.29, 0.717) is 30.6 Å². The number of benzene rings is 1. The van der Waals surface area contributed by atoms with Crippen molar-refractivity contribution in [2.75, 3.05) is 11.9 Å². The Bertz CT molecular complexity index is 1030. The number of nitrogens with one attached hydrogen (secondary N) is 1. The van der Waals surface area contributed by atoms with Crippen LogP contribution in [0.15, 0.2) is 28.8 Å². The minimum absolute atomic E-state index is 0.117. The van der Waals surface area contributed by atoms with Gasteiger partial charge in [0.25, 0.3) is 5.89 Å². The predicted octanol–water partition coefficient (Wildman–Crippen LogP) is 3.25. The summed E-state index contributed by atoms with van der Waals surface area (Å²) in [5.74, 6) is 1.63. The van der Waals surface area contributed by atoms with Crippen LogP contribution >= 0.6 is 0 Å². The number of aryl methyl sites for hydroxylation is 2. The van der Waals surface area contributed by atoms with E-state index < -0.39 is 0 Å². The monoisotopic (exact) mass is 378 g/mol. The van der Waals surface area contributed by atoms with Gasteiger partial charge in [0.2, 0.25) is 0 Å². The Kier molecular flexibility index (Phi) is 3.92. The average Bonchev–Trinajstić information content (AvgIpc) is 3.34. The molecule has 2 aromatic heterocycles. The first-order valence-electron chi connectivity index (χ1n) is 9.60. The second kappa shape index (κ2) is 6.47. The first kappa shape index (κ1) is 17.0. The second-order valence-corrected chi connectivity index (χ2v) is 7.60. The molecule has 28 heavy (non-hydrogen) atoms. The predicted molar refractivity (Wildman–Crippen MR) is 103 cm³/mol. The van der Waals surface area contributed by atoms with Crippen molar-refractivity contribution in [1.29, 1.82) is 0 Å². The number of hydrogen-bond donors (Lipinski definition) is 1. The Morgan fingerprint density at radius 3 is 2.79 bits per heavy atom. The maximum Gasteiger partial charge on any atom is 0.322 e. The molecule has 2 aliphatic rings. The Hall–Kier alpha value is -3.16. The summed E-state index contributed by atoms with van der Waals surface area (Å²) < 4.78 is 7.34. The van der Waals surface area contributed by atoms with Crippen LogP contribution in [-0.2, 0) is 20.0 Å². The lowest BCUT2D eigenvalue weighted by atomic mass is 10.1. The van der Waals surface area contributed by atoms with Gasteiger partial charge in [-0.1, -0.05) is 22.9 Å². The summed E-state index contributed by atoms with van der Waals surface area (Å²) in [6.45, 7) is 3.13. The fourth-order valence-electron chi connectivity index (χ4n) is 3.62. The number of carbonyl (C=O) groups excluding carboxylic acids is 1. The lowest BCUT2D eigenvalue weighted by Gasteiger charge is -2.27. The minimum Gasteiger partial charge on any atom is -0.332 e. The highest BCUT2D eigenvalue weighted by atomic mass is 16.5. The lowest BCUT2D eigenvalue weighted by molar-refractivity contribution is 0.206. The molecule has 1 saturated carbocycles. The van der Waals surface area contributed by atoms with Gasteiger partial charge < -0.3 is 14.7 Å². The van der Waals surface area contributed by atoms with E-state index in [-0.39, 0.29) is 6.03 Å². The van der Waals surface area contributed by atoms with Crippen LogP contribution in [0.3, 0.4) is 0 Å². The van der Waals surface area contributed by atoms with Gasteiger partial charge in [0.05, 0.1) is 6.54 Å². The summed E-state index contributed by atoms with van der Waals surface area (Å²) in [5, 5.41) is 11.7. The molecule has 1 aliphatic carbocycles. The summed E-state index contributed by atoms with van der Waals surface area (Å²) in [7, 11) is 1.92. The molecule has 3 heterocycles. The molecule has 0 bridgehead atoms. The van der Waals surface area contributed by atoms with Crippen LogP contribution in [0.25, 0.3) is 11.6 Å². The van der Waals surface area contributed by atoms with Crippen molar-refractivity contribution >= 4 is 11.7 Å². The first-order chi connectivity index (χ1) is 13.6. The van der Waals surface area contributed by atoms with E-state index in [2.05, 4.69) is 20.6 Å². The summed E-state index contributed by atoms with van der Waals surface area (Å²) >= 11 is 0. The topological polar surface area (TPSA) is 89.1 Å². The van der Waals surface area contributed by atoms with Gasteiger partial charge in [-0.05, 0) is 31.9 Å². The fraction of sp³-hybridized carbons (Fsp3) is 0.400. The van der Waals surface area contributed by atoms with Crippen LogP contribution in [0, 0.1) is 6.92 Å². The molecule has 1 fully saturated rings. The normalized spacial score (nSPS) is 16.1. The third kappa shape index (κ3) is 3.04. The van der Waals surface area contributed by atoms with Gasteiger partial charge in [-0.15, -0.1) is 0 Å². The number of aromatic nitrogens is 4. The quantitative estimate of drug-likeness (QED) is 0.756. The smallest absolute Gasteiger partial charge is 0.322 e. The molecule has 2 amide bonds. The van der Waals surface area contributed by atoms with Gasteiger partial charge >= 0.3 is 6.03 Å².